The van der Waals surface area contributed by atoms with Crippen LogP contribution in [0, 0.1) is 5.82 Å². The lowest BCUT2D eigenvalue weighted by atomic mass is 10.1. The lowest BCUT2D eigenvalue weighted by molar-refractivity contribution is -0.139. The number of rotatable bonds is 6. The van der Waals surface area contributed by atoms with Gasteiger partial charge in [0, 0.05) is 34.6 Å². The van der Waals surface area contributed by atoms with Crippen LogP contribution in [0.5, 0.6) is 0 Å². The van der Waals surface area contributed by atoms with Gasteiger partial charge >= 0.3 is 5.97 Å². The highest BCUT2D eigenvalue weighted by Gasteiger charge is 2.25. The van der Waals surface area contributed by atoms with E-state index in [9.17, 15) is 19.1 Å². The molecule has 30 heavy (non-hydrogen) atoms. The van der Waals surface area contributed by atoms with E-state index in [0.29, 0.717) is 16.9 Å². The van der Waals surface area contributed by atoms with Gasteiger partial charge in [0.15, 0.2) is 0 Å². The van der Waals surface area contributed by atoms with E-state index in [1.54, 1.807) is 18.2 Å². The number of H-pyrrole nitrogens is 1. The fourth-order valence-corrected chi connectivity index (χ4v) is 3.83. The fraction of sp³-hybridized carbons (Fsp3) is 0.217. The van der Waals surface area contributed by atoms with Gasteiger partial charge in [-0.1, -0.05) is 18.2 Å². The lowest BCUT2D eigenvalue weighted by Crippen LogP contribution is -2.43. The molecule has 4 rings (SSSR count). The molecule has 0 spiro atoms. The van der Waals surface area contributed by atoms with Gasteiger partial charge in [-0.25, -0.2) is 9.18 Å². The summed E-state index contributed by atoms with van der Waals surface area (Å²) in [7, 11) is 0. The van der Waals surface area contributed by atoms with Crippen LogP contribution >= 0.6 is 0 Å². The van der Waals surface area contributed by atoms with Gasteiger partial charge in [0.2, 0.25) is 0 Å². The molecule has 154 valence electrons. The molecule has 2 aromatic carbocycles. The predicted octanol–water partition coefficient (Wildman–Crippen LogP) is 4.27. The van der Waals surface area contributed by atoms with Crippen LogP contribution < -0.4 is 5.32 Å². The first-order valence-electron chi connectivity index (χ1n) is 9.74. The number of aromatic amines is 1. The van der Waals surface area contributed by atoms with Gasteiger partial charge < -0.3 is 20.0 Å². The molecule has 2 heterocycles. The molecule has 0 fully saturated rings. The zero-order valence-electron chi connectivity index (χ0n) is 16.6. The summed E-state index contributed by atoms with van der Waals surface area (Å²) in [6.45, 7) is 3.95. The van der Waals surface area contributed by atoms with Crippen LogP contribution in [0.4, 0.5) is 4.39 Å². The topological polar surface area (TPSA) is 87.1 Å². The molecule has 4 aromatic rings. The molecule has 2 aromatic heterocycles. The second-order valence-corrected chi connectivity index (χ2v) is 7.65. The summed E-state index contributed by atoms with van der Waals surface area (Å²) in [5, 5.41) is 14.0. The van der Waals surface area contributed by atoms with Gasteiger partial charge in [-0.2, -0.15) is 0 Å². The van der Waals surface area contributed by atoms with Gasteiger partial charge in [-0.3, -0.25) is 4.79 Å². The van der Waals surface area contributed by atoms with Crippen molar-refractivity contribution in [2.45, 2.75) is 32.4 Å². The van der Waals surface area contributed by atoms with Crippen molar-refractivity contribution in [3.8, 4) is 0 Å². The monoisotopic (exact) mass is 407 g/mol. The Morgan fingerprint density at radius 2 is 1.87 bits per heavy atom. The summed E-state index contributed by atoms with van der Waals surface area (Å²) >= 11 is 0. The molecule has 0 saturated heterocycles. The molecule has 1 amide bonds. The molecule has 7 heteroatoms. The molecule has 3 N–H and O–H groups in total. The fourth-order valence-electron chi connectivity index (χ4n) is 3.83. The van der Waals surface area contributed by atoms with Crippen molar-refractivity contribution in [1.29, 1.82) is 0 Å². The van der Waals surface area contributed by atoms with E-state index >= 15 is 0 Å². The maximum Gasteiger partial charge on any atom is 0.326 e. The molecule has 0 saturated carbocycles. The highest BCUT2D eigenvalue weighted by Crippen LogP contribution is 2.24. The van der Waals surface area contributed by atoms with Gasteiger partial charge in [0.1, 0.15) is 17.6 Å². The minimum absolute atomic E-state index is 0.0255. The van der Waals surface area contributed by atoms with Crippen molar-refractivity contribution in [3.63, 3.8) is 0 Å². The number of carbonyl (C=O) groups is 2. The average molecular weight is 407 g/mol. The normalized spacial score (nSPS) is 12.5. The lowest BCUT2D eigenvalue weighted by Gasteiger charge is -2.17. The number of nitrogens with zero attached hydrogens (tertiary/aromatic N) is 1. The number of carboxylic acids is 1. The molecule has 0 unspecified atom stereocenters. The molecular formula is C23H22FN3O3. The molecule has 0 aliphatic heterocycles. The van der Waals surface area contributed by atoms with E-state index in [1.165, 1.54) is 12.1 Å². The molecule has 1 atom stereocenters. The number of carbonyl (C=O) groups excluding carboxylic acids is 1. The Kier molecular flexibility index (Phi) is 5.03. The number of fused-ring (bicyclic) bond motifs is 2. The highest BCUT2D eigenvalue weighted by atomic mass is 19.1. The first-order valence-corrected chi connectivity index (χ1v) is 9.74. The average Bonchev–Trinajstić information content (AvgIpc) is 3.27. The summed E-state index contributed by atoms with van der Waals surface area (Å²) < 4.78 is 15.3. The Hall–Kier alpha value is -3.61. The maximum atomic E-state index is 13.4. The molecule has 6 nitrogen and oxygen atoms in total. The number of benzene rings is 2. The van der Waals surface area contributed by atoms with Crippen molar-refractivity contribution in [1.82, 2.24) is 14.9 Å². The van der Waals surface area contributed by atoms with E-state index in [2.05, 4.69) is 10.3 Å². The number of halogens is 1. The first kappa shape index (κ1) is 19.7. The number of amides is 1. The zero-order valence-corrected chi connectivity index (χ0v) is 16.6. The van der Waals surface area contributed by atoms with Crippen LogP contribution in [-0.2, 0) is 11.2 Å². The quantitative estimate of drug-likeness (QED) is 0.446. The van der Waals surface area contributed by atoms with Crippen molar-refractivity contribution in [2.75, 3.05) is 0 Å². The smallest absolute Gasteiger partial charge is 0.326 e. The summed E-state index contributed by atoms with van der Waals surface area (Å²) in [4.78, 5) is 27.9. The first-order chi connectivity index (χ1) is 14.3. The summed E-state index contributed by atoms with van der Waals surface area (Å²) in [6, 6.07) is 14.4. The second kappa shape index (κ2) is 7.67. The van der Waals surface area contributed by atoms with E-state index in [4.69, 9.17) is 0 Å². The van der Waals surface area contributed by atoms with E-state index in [-0.39, 0.29) is 18.3 Å². The Labute approximate surface area is 172 Å². The van der Waals surface area contributed by atoms with Crippen LogP contribution in [-0.4, -0.2) is 32.6 Å². The Balaban J connectivity index is 1.61. The van der Waals surface area contributed by atoms with Crippen LogP contribution in [0.15, 0.2) is 54.6 Å². The highest BCUT2D eigenvalue weighted by molar-refractivity contribution is 6.00. The van der Waals surface area contributed by atoms with E-state index in [0.717, 1.165) is 16.3 Å². The largest absolute Gasteiger partial charge is 0.480 e. The minimum Gasteiger partial charge on any atom is -0.480 e. The van der Waals surface area contributed by atoms with Crippen molar-refractivity contribution in [2.24, 2.45) is 0 Å². The standard InChI is InChI=1S/C23H22FN3O3/c1-13(2)27-20-6-4-3-5-15(20)10-21(27)22(28)26-19(23(29)30)12-17-9-14-7-8-16(24)11-18(14)25-17/h3-11,13,19,25H,12H2,1-2H3,(H,26,28)(H,29,30)/t19-/m1/s1. The summed E-state index contributed by atoms with van der Waals surface area (Å²) in [5.41, 5.74) is 2.52. The number of carboxylic acid groups (broad SMARTS) is 1. The molecule has 0 bridgehead atoms. The number of hydrogen-bond donors (Lipinski definition) is 3. The third kappa shape index (κ3) is 3.66. The van der Waals surface area contributed by atoms with Crippen molar-refractivity contribution >= 4 is 33.7 Å². The Morgan fingerprint density at radius 3 is 2.60 bits per heavy atom. The SMILES string of the molecule is CC(C)n1c(C(=O)N[C@H](Cc2cc3ccc(F)cc3[nH]2)C(=O)O)cc2ccccc21. The number of aliphatic carboxylic acids is 1. The van der Waals surface area contributed by atoms with Crippen LogP contribution in [0.2, 0.25) is 0 Å². The van der Waals surface area contributed by atoms with E-state index in [1.807, 2.05) is 42.7 Å². The number of aromatic nitrogens is 2. The summed E-state index contributed by atoms with van der Waals surface area (Å²) in [5.74, 6) is -1.96. The maximum absolute atomic E-state index is 13.4. The Bertz CT molecular complexity index is 1260. The van der Waals surface area contributed by atoms with Crippen molar-refractivity contribution in [3.05, 3.63) is 71.8 Å². The molecular weight excluding hydrogens is 385 g/mol. The predicted molar refractivity (Wildman–Crippen MR) is 113 cm³/mol. The van der Waals surface area contributed by atoms with Gasteiger partial charge in [-0.05, 0) is 55.6 Å². The third-order valence-corrected chi connectivity index (χ3v) is 5.16. The molecule has 0 aliphatic carbocycles. The van der Waals surface area contributed by atoms with Crippen molar-refractivity contribution < 1.29 is 19.1 Å². The van der Waals surface area contributed by atoms with Crippen LogP contribution in [0.3, 0.4) is 0 Å². The van der Waals surface area contributed by atoms with E-state index < -0.39 is 17.9 Å². The molecule has 0 radical (unpaired) electrons. The van der Waals surface area contributed by atoms with Gasteiger partial charge in [-0.15, -0.1) is 0 Å². The summed E-state index contributed by atoms with van der Waals surface area (Å²) in [6.07, 6.45) is 0.0548. The Morgan fingerprint density at radius 1 is 1.10 bits per heavy atom. The minimum atomic E-state index is -1.14. The second-order valence-electron chi connectivity index (χ2n) is 7.65. The third-order valence-electron chi connectivity index (χ3n) is 5.16. The van der Waals surface area contributed by atoms with Gasteiger partial charge in [0.05, 0.1) is 0 Å². The van der Waals surface area contributed by atoms with Crippen LogP contribution in [0.1, 0.15) is 36.1 Å². The zero-order chi connectivity index (χ0) is 21.4. The molecule has 0 aliphatic rings. The number of para-hydroxylation sites is 1. The van der Waals surface area contributed by atoms with Crippen LogP contribution in [0.25, 0.3) is 21.8 Å². The van der Waals surface area contributed by atoms with Gasteiger partial charge in [0.25, 0.3) is 5.91 Å². The number of nitrogens with one attached hydrogen (secondary N) is 2. The number of hydrogen-bond acceptors (Lipinski definition) is 2.